The number of benzene rings is 2. The molecule has 1 aromatic heterocycles. The zero-order valence-corrected chi connectivity index (χ0v) is 18.0. The second-order valence-corrected chi connectivity index (χ2v) is 8.53. The minimum absolute atomic E-state index is 0.137. The predicted octanol–water partition coefficient (Wildman–Crippen LogP) is 4.38. The summed E-state index contributed by atoms with van der Waals surface area (Å²) >= 11 is 1.37. The van der Waals surface area contributed by atoms with Gasteiger partial charge in [0.15, 0.2) is 5.82 Å². The molecule has 3 aromatic rings. The first-order chi connectivity index (χ1) is 14.5. The molecule has 8 heteroatoms. The molecule has 156 valence electrons. The molecule has 0 fully saturated rings. The molecule has 2 aromatic carbocycles. The van der Waals surface area contributed by atoms with E-state index >= 15 is 0 Å². The highest BCUT2D eigenvalue weighted by molar-refractivity contribution is 8.00. The third-order valence-corrected chi connectivity index (χ3v) is 6.54. The molecule has 0 saturated heterocycles. The number of carbonyl (C=O) groups is 1. The normalized spacial score (nSPS) is 17.9. The van der Waals surface area contributed by atoms with Crippen LogP contribution < -0.4 is 10.7 Å². The number of halogens is 1. The molecule has 0 aliphatic carbocycles. The number of carbonyl (C=O) groups excluding carboxylic acids is 1. The predicted molar refractivity (Wildman–Crippen MR) is 117 cm³/mol. The number of anilines is 1. The second kappa shape index (κ2) is 8.47. The number of thioether (sulfide) groups is 1. The maximum atomic E-state index is 13.5. The van der Waals surface area contributed by atoms with Crippen molar-refractivity contribution < 1.29 is 9.18 Å². The van der Waals surface area contributed by atoms with E-state index in [0.29, 0.717) is 5.16 Å². The van der Waals surface area contributed by atoms with E-state index < -0.39 is 5.25 Å². The van der Waals surface area contributed by atoms with E-state index in [1.165, 1.54) is 23.9 Å². The molecule has 0 spiro atoms. The van der Waals surface area contributed by atoms with Gasteiger partial charge in [-0.1, -0.05) is 43.0 Å². The Balaban J connectivity index is 1.68. The minimum Gasteiger partial charge on any atom is -0.325 e. The maximum absolute atomic E-state index is 13.5. The molecule has 2 atom stereocenters. The van der Waals surface area contributed by atoms with Crippen LogP contribution in [0.2, 0.25) is 0 Å². The molecule has 0 saturated carbocycles. The van der Waals surface area contributed by atoms with E-state index in [1.807, 2.05) is 36.7 Å². The summed E-state index contributed by atoms with van der Waals surface area (Å²) < 4.78 is 15.4. The lowest BCUT2D eigenvalue weighted by Gasteiger charge is -2.33. The van der Waals surface area contributed by atoms with Crippen molar-refractivity contribution in [3.63, 3.8) is 0 Å². The Morgan fingerprint density at radius 1 is 1.20 bits per heavy atom. The summed E-state index contributed by atoms with van der Waals surface area (Å²) in [6.45, 7) is 6.08. The largest absolute Gasteiger partial charge is 0.325 e. The van der Waals surface area contributed by atoms with Crippen LogP contribution >= 0.6 is 11.8 Å². The number of rotatable bonds is 5. The standard InChI is InChI=1S/C22H24FN5OS/c1-4-6-18-25-26-22-28(18)27-19(15-9-11-16(23)12-10-15)20(30-22)21(29)24-17-8-5-7-13(2)14(17)3/h5,7-12,19-20,27H,4,6H2,1-3H3,(H,24,29)/t19-,20+/m1/s1. The van der Waals surface area contributed by atoms with E-state index in [4.69, 9.17) is 0 Å². The van der Waals surface area contributed by atoms with Crippen molar-refractivity contribution in [3.8, 4) is 0 Å². The topological polar surface area (TPSA) is 71.8 Å². The van der Waals surface area contributed by atoms with E-state index in [9.17, 15) is 9.18 Å². The van der Waals surface area contributed by atoms with Crippen molar-refractivity contribution >= 4 is 23.4 Å². The number of nitrogens with zero attached hydrogens (tertiary/aromatic N) is 3. The van der Waals surface area contributed by atoms with Gasteiger partial charge in [-0.3, -0.25) is 4.79 Å². The average molecular weight is 426 g/mol. The fourth-order valence-corrected chi connectivity index (χ4v) is 4.59. The van der Waals surface area contributed by atoms with Gasteiger partial charge in [0.1, 0.15) is 11.1 Å². The minimum atomic E-state index is -0.499. The van der Waals surface area contributed by atoms with Crippen LogP contribution in [0.25, 0.3) is 0 Å². The van der Waals surface area contributed by atoms with E-state index in [-0.39, 0.29) is 17.8 Å². The van der Waals surface area contributed by atoms with Crippen LogP contribution in [0.3, 0.4) is 0 Å². The molecular weight excluding hydrogens is 401 g/mol. The number of amides is 1. The van der Waals surface area contributed by atoms with Gasteiger partial charge in [-0.2, -0.15) is 0 Å². The first-order valence-electron chi connectivity index (χ1n) is 9.98. The molecule has 1 amide bonds. The van der Waals surface area contributed by atoms with Crippen molar-refractivity contribution in [3.05, 3.63) is 70.8 Å². The molecule has 0 radical (unpaired) electrons. The van der Waals surface area contributed by atoms with Crippen molar-refractivity contribution in [2.75, 3.05) is 10.7 Å². The zero-order chi connectivity index (χ0) is 21.3. The Morgan fingerprint density at radius 2 is 1.97 bits per heavy atom. The highest BCUT2D eigenvalue weighted by Gasteiger charge is 2.37. The van der Waals surface area contributed by atoms with E-state index in [1.54, 1.807) is 12.1 Å². The van der Waals surface area contributed by atoms with Crippen LogP contribution in [-0.2, 0) is 11.2 Å². The number of hydrogen-bond donors (Lipinski definition) is 2. The van der Waals surface area contributed by atoms with Crippen LogP contribution in [-0.4, -0.2) is 26.0 Å². The fourth-order valence-electron chi connectivity index (χ4n) is 3.49. The molecule has 0 bridgehead atoms. The summed E-state index contributed by atoms with van der Waals surface area (Å²) in [4.78, 5) is 13.3. The number of hydrogen-bond acceptors (Lipinski definition) is 5. The van der Waals surface area contributed by atoms with Crippen LogP contribution in [0, 0.1) is 19.7 Å². The van der Waals surface area contributed by atoms with Crippen LogP contribution in [0.1, 0.15) is 41.9 Å². The molecule has 1 aliphatic rings. The van der Waals surface area contributed by atoms with Crippen molar-refractivity contribution in [1.82, 2.24) is 14.9 Å². The lowest BCUT2D eigenvalue weighted by Crippen LogP contribution is -2.41. The van der Waals surface area contributed by atoms with Gasteiger partial charge < -0.3 is 10.7 Å². The van der Waals surface area contributed by atoms with Gasteiger partial charge in [0, 0.05) is 12.1 Å². The average Bonchev–Trinajstić information content (AvgIpc) is 3.13. The first kappa shape index (κ1) is 20.4. The van der Waals surface area contributed by atoms with E-state index in [0.717, 1.165) is 41.0 Å². The summed E-state index contributed by atoms with van der Waals surface area (Å²) in [6, 6.07) is 11.7. The quantitative estimate of drug-likeness (QED) is 0.635. The SMILES string of the molecule is CCCc1nnc2n1N[C@H](c1ccc(F)cc1)[C@@H](C(=O)Nc1cccc(C)c1C)S2. The van der Waals surface area contributed by atoms with Gasteiger partial charge in [-0.15, -0.1) is 10.2 Å². The summed E-state index contributed by atoms with van der Waals surface area (Å²) in [5.41, 5.74) is 7.16. The molecule has 4 rings (SSSR count). The van der Waals surface area contributed by atoms with Crippen LogP contribution in [0.15, 0.2) is 47.6 Å². The number of aromatic nitrogens is 3. The Hall–Kier alpha value is -2.87. The van der Waals surface area contributed by atoms with Gasteiger partial charge >= 0.3 is 0 Å². The van der Waals surface area contributed by atoms with Gasteiger partial charge in [0.25, 0.3) is 0 Å². The van der Waals surface area contributed by atoms with Gasteiger partial charge in [-0.05, 0) is 55.2 Å². The molecule has 2 heterocycles. The number of aryl methyl sites for hydroxylation is 2. The Bertz CT molecular complexity index is 1070. The van der Waals surface area contributed by atoms with Gasteiger partial charge in [-0.25, -0.2) is 9.07 Å². The Kier molecular flexibility index (Phi) is 5.76. The molecule has 0 unspecified atom stereocenters. The highest BCUT2D eigenvalue weighted by Crippen LogP contribution is 2.38. The zero-order valence-electron chi connectivity index (χ0n) is 17.1. The lowest BCUT2D eigenvalue weighted by molar-refractivity contribution is -0.116. The number of nitrogens with one attached hydrogen (secondary N) is 2. The van der Waals surface area contributed by atoms with Crippen molar-refractivity contribution in [2.24, 2.45) is 0 Å². The first-order valence-corrected chi connectivity index (χ1v) is 10.9. The highest BCUT2D eigenvalue weighted by atomic mass is 32.2. The van der Waals surface area contributed by atoms with E-state index in [2.05, 4.69) is 27.9 Å². The summed E-state index contributed by atoms with van der Waals surface area (Å²) in [6.07, 6.45) is 1.71. The monoisotopic (exact) mass is 425 g/mol. The number of fused-ring (bicyclic) bond motifs is 1. The summed E-state index contributed by atoms with van der Waals surface area (Å²) in [5.74, 6) is 0.373. The summed E-state index contributed by atoms with van der Waals surface area (Å²) in [7, 11) is 0. The van der Waals surface area contributed by atoms with Crippen LogP contribution in [0.4, 0.5) is 10.1 Å². The molecule has 30 heavy (non-hydrogen) atoms. The molecule has 1 aliphatic heterocycles. The van der Waals surface area contributed by atoms with Gasteiger partial charge in [0.2, 0.25) is 11.1 Å². The summed E-state index contributed by atoms with van der Waals surface area (Å²) in [5, 5.41) is 11.7. The smallest absolute Gasteiger partial charge is 0.240 e. The fraction of sp³-hybridized carbons (Fsp3) is 0.318. The maximum Gasteiger partial charge on any atom is 0.240 e. The lowest BCUT2D eigenvalue weighted by atomic mass is 10.0. The molecule has 6 nitrogen and oxygen atoms in total. The molecule has 2 N–H and O–H groups in total. The Morgan fingerprint density at radius 3 is 2.70 bits per heavy atom. The third kappa shape index (κ3) is 3.92. The van der Waals surface area contributed by atoms with Gasteiger partial charge in [0.05, 0.1) is 6.04 Å². The second-order valence-electron chi connectivity index (χ2n) is 7.42. The Labute approximate surface area is 179 Å². The third-order valence-electron chi connectivity index (χ3n) is 5.33. The van der Waals surface area contributed by atoms with Crippen LogP contribution in [0.5, 0.6) is 0 Å². The van der Waals surface area contributed by atoms with Crippen molar-refractivity contribution in [1.29, 1.82) is 0 Å². The molecular formula is C22H24FN5OS. The van der Waals surface area contributed by atoms with Crippen molar-refractivity contribution in [2.45, 2.75) is 50.1 Å².